The Kier molecular flexibility index (Phi) is 17.5. The SMILES string of the molecule is Brc1cncc(-c2cnn(Cc3ccccc3)c2)c1.Brc1cncc(I)c1.CP(C)(=O)c1cncc(-c2cn[nH]c2)c1.CP(C)(=O)c1cncc(-c2cnn(Cc3ccccc3)c2)c1. The lowest BCUT2D eigenvalue weighted by molar-refractivity contribution is 0.587. The maximum Gasteiger partial charge on any atom is 0.111 e. The van der Waals surface area contributed by atoms with Crippen LogP contribution in [0.5, 0.6) is 0 Å². The van der Waals surface area contributed by atoms with Gasteiger partial charge in [0.1, 0.15) is 14.3 Å². The number of nitrogens with one attached hydrogen (secondary N) is 1. The third kappa shape index (κ3) is 15.2. The van der Waals surface area contributed by atoms with Crippen LogP contribution >= 0.6 is 68.7 Å². The van der Waals surface area contributed by atoms with Crippen LogP contribution in [0, 0.1) is 3.57 Å². The highest BCUT2D eigenvalue weighted by atomic mass is 127. The van der Waals surface area contributed by atoms with Crippen molar-refractivity contribution in [3.05, 3.63) is 195 Å². The van der Waals surface area contributed by atoms with Gasteiger partial charge < -0.3 is 9.13 Å². The Morgan fingerprint density at radius 2 is 0.953 bits per heavy atom. The van der Waals surface area contributed by atoms with Crippen molar-refractivity contribution in [2.45, 2.75) is 13.1 Å². The molecule has 326 valence electrons. The van der Waals surface area contributed by atoms with Crippen molar-refractivity contribution in [3.8, 4) is 33.4 Å². The number of aromatic amines is 1. The molecule has 0 unspecified atom stereocenters. The van der Waals surface area contributed by atoms with Crippen LogP contribution in [0.2, 0.25) is 0 Å². The normalized spacial score (nSPS) is 11.0. The topological polar surface area (TPSA) is 150 Å². The molecule has 1 N–H and O–H groups in total. The van der Waals surface area contributed by atoms with Gasteiger partial charge in [0.05, 0.1) is 31.7 Å². The van der Waals surface area contributed by atoms with Crippen molar-refractivity contribution in [3.63, 3.8) is 0 Å². The van der Waals surface area contributed by atoms with Crippen molar-refractivity contribution in [1.29, 1.82) is 0 Å². The molecule has 2 aromatic carbocycles. The van der Waals surface area contributed by atoms with Gasteiger partial charge in [-0.1, -0.05) is 60.7 Å². The summed E-state index contributed by atoms with van der Waals surface area (Å²) in [6.07, 6.45) is 25.3. The molecule has 0 bridgehead atoms. The number of benzene rings is 2. The highest BCUT2D eigenvalue weighted by Crippen LogP contribution is 2.36. The standard InChI is InChI=1S/C17H18N3OP.C15H12BrN3.C10H12N3OP.C5H3BrIN/c1-22(2,21)17-8-15(9-18-11-17)16-10-19-20(13-16)12-14-6-4-3-5-7-14;16-15-6-13(7-17-9-15)14-8-18-19(11-14)10-12-4-2-1-3-5-12;1-15(2,14)10-3-8(4-11-7-10)9-5-12-13-6-9;6-4-1-5(7)3-8-2-4/h3-11,13H,12H2,1-2H3;1-9,11H,10H2;3-7H,1-2H3,(H,12,13);1-3H. The highest BCUT2D eigenvalue weighted by molar-refractivity contribution is 14.1. The summed E-state index contributed by atoms with van der Waals surface area (Å²) in [6, 6.07) is 28.4. The van der Waals surface area contributed by atoms with Gasteiger partial charge in [0.25, 0.3) is 0 Å². The number of hydrogen-bond donors (Lipinski definition) is 1. The average Bonchev–Trinajstić information content (AvgIpc) is 4.09. The number of rotatable bonds is 9. The van der Waals surface area contributed by atoms with Crippen molar-refractivity contribution in [2.75, 3.05) is 26.7 Å². The molecule has 9 aromatic rings. The van der Waals surface area contributed by atoms with Crippen molar-refractivity contribution in [1.82, 2.24) is 49.7 Å². The van der Waals surface area contributed by atoms with Gasteiger partial charge >= 0.3 is 0 Å². The zero-order valence-electron chi connectivity index (χ0n) is 35.4. The number of nitrogens with zero attached hydrogens (tertiary/aromatic N) is 9. The van der Waals surface area contributed by atoms with E-state index in [1.165, 1.54) is 11.1 Å². The van der Waals surface area contributed by atoms with E-state index in [4.69, 9.17) is 0 Å². The van der Waals surface area contributed by atoms with Gasteiger partial charge in [-0.2, -0.15) is 15.3 Å². The quantitative estimate of drug-likeness (QED) is 0.110. The summed E-state index contributed by atoms with van der Waals surface area (Å²) < 4.78 is 31.0. The molecule has 7 aromatic heterocycles. The lowest BCUT2D eigenvalue weighted by Crippen LogP contribution is -2.04. The molecule has 17 heteroatoms. The maximum absolute atomic E-state index is 12.2. The van der Waals surface area contributed by atoms with Crippen LogP contribution < -0.4 is 10.6 Å². The summed E-state index contributed by atoms with van der Waals surface area (Å²) in [5.74, 6) is 0. The summed E-state index contributed by atoms with van der Waals surface area (Å²) in [5.41, 5.74) is 8.40. The molecule has 9 rings (SSSR count). The average molecular weight is 1130 g/mol. The Morgan fingerprint density at radius 1 is 0.516 bits per heavy atom. The molecule has 0 amide bonds. The Morgan fingerprint density at radius 3 is 1.36 bits per heavy atom. The summed E-state index contributed by atoms with van der Waals surface area (Å²) >= 11 is 8.94. The van der Waals surface area contributed by atoms with E-state index < -0.39 is 14.3 Å². The molecule has 0 saturated carbocycles. The van der Waals surface area contributed by atoms with E-state index in [1.807, 2.05) is 107 Å². The van der Waals surface area contributed by atoms with E-state index in [0.717, 1.165) is 69.6 Å². The van der Waals surface area contributed by atoms with Gasteiger partial charge in [0.15, 0.2) is 0 Å². The Labute approximate surface area is 403 Å². The van der Waals surface area contributed by atoms with Crippen LogP contribution in [0.1, 0.15) is 11.1 Å². The molecule has 0 aliphatic heterocycles. The van der Waals surface area contributed by atoms with E-state index in [-0.39, 0.29) is 0 Å². The van der Waals surface area contributed by atoms with Gasteiger partial charge in [0.2, 0.25) is 0 Å². The van der Waals surface area contributed by atoms with Crippen molar-refractivity contribution < 1.29 is 9.13 Å². The van der Waals surface area contributed by atoms with Crippen molar-refractivity contribution in [2.24, 2.45) is 0 Å². The first kappa shape index (κ1) is 48.3. The van der Waals surface area contributed by atoms with E-state index in [1.54, 1.807) is 76.2 Å². The second-order valence-corrected chi connectivity index (χ2v) is 24.6. The minimum absolute atomic E-state index is 0.730. The molecule has 0 aliphatic rings. The van der Waals surface area contributed by atoms with Gasteiger partial charge in [-0.05, 0) is 117 Å². The largest absolute Gasteiger partial charge is 0.319 e. The third-order valence-electron chi connectivity index (χ3n) is 9.21. The number of pyridine rings is 4. The smallest absolute Gasteiger partial charge is 0.111 e. The van der Waals surface area contributed by atoms with Gasteiger partial charge in [-0.15, -0.1) is 0 Å². The summed E-state index contributed by atoms with van der Waals surface area (Å²) in [4.78, 5) is 16.4. The molecule has 0 atom stereocenters. The summed E-state index contributed by atoms with van der Waals surface area (Å²) in [7, 11) is -4.54. The number of halogens is 3. The minimum atomic E-state index is -2.30. The monoisotopic (exact) mass is 1130 g/mol. The number of aromatic nitrogens is 10. The molecule has 0 aliphatic carbocycles. The van der Waals surface area contributed by atoms with E-state index in [2.05, 4.69) is 119 Å². The predicted molar refractivity (Wildman–Crippen MR) is 274 cm³/mol. The van der Waals surface area contributed by atoms with Crippen LogP contribution in [0.3, 0.4) is 0 Å². The molecule has 64 heavy (non-hydrogen) atoms. The third-order valence-corrected chi connectivity index (χ3v) is 13.6. The fraction of sp³-hybridized carbons (Fsp3) is 0.128. The van der Waals surface area contributed by atoms with E-state index in [9.17, 15) is 9.13 Å². The zero-order valence-corrected chi connectivity index (χ0v) is 42.6. The molecule has 0 saturated heterocycles. The first-order chi connectivity index (χ1) is 30.7. The molecular formula is C47H45Br2IN10O2P2. The second kappa shape index (κ2) is 23.1. The molecule has 0 fully saturated rings. The van der Waals surface area contributed by atoms with Crippen LogP contribution in [0.4, 0.5) is 0 Å². The predicted octanol–water partition coefficient (Wildman–Crippen LogP) is 11.2. The first-order valence-corrected chi connectivity index (χ1v) is 27.6. The lowest BCUT2D eigenvalue weighted by atomic mass is 10.2. The van der Waals surface area contributed by atoms with Gasteiger partial charge in [-0.3, -0.25) is 34.4 Å². The minimum Gasteiger partial charge on any atom is -0.319 e. The van der Waals surface area contributed by atoms with Crippen LogP contribution in [0.25, 0.3) is 33.4 Å². The number of H-pyrrole nitrogens is 1. The Balaban J connectivity index is 0.000000149. The van der Waals surface area contributed by atoms with Crippen LogP contribution in [-0.4, -0.2) is 76.4 Å². The van der Waals surface area contributed by atoms with E-state index in [0.29, 0.717) is 0 Å². The maximum atomic E-state index is 12.2. The van der Waals surface area contributed by atoms with Crippen molar-refractivity contribution >= 4 is 79.3 Å². The van der Waals surface area contributed by atoms with E-state index >= 15 is 0 Å². The van der Waals surface area contributed by atoms with Gasteiger partial charge in [0, 0.05) is 125 Å². The molecule has 12 nitrogen and oxygen atoms in total. The molecular weight excluding hydrogens is 1090 g/mol. The fourth-order valence-corrected chi connectivity index (χ4v) is 9.11. The molecule has 0 spiro atoms. The van der Waals surface area contributed by atoms with Crippen LogP contribution in [0.15, 0.2) is 181 Å². The van der Waals surface area contributed by atoms with Crippen LogP contribution in [-0.2, 0) is 22.2 Å². The Hall–Kier alpha value is -5.18. The first-order valence-electron chi connectivity index (χ1n) is 19.7. The van der Waals surface area contributed by atoms with Gasteiger partial charge in [-0.25, -0.2) is 0 Å². The fourth-order valence-electron chi connectivity index (χ4n) is 5.86. The zero-order chi connectivity index (χ0) is 45.5. The molecule has 7 heterocycles. The lowest BCUT2D eigenvalue weighted by Gasteiger charge is -2.07. The highest BCUT2D eigenvalue weighted by Gasteiger charge is 2.14. The molecule has 0 radical (unpaired) electrons. The summed E-state index contributed by atoms with van der Waals surface area (Å²) in [5, 5.41) is 17.0. The number of hydrogen-bond acceptors (Lipinski definition) is 9. The summed E-state index contributed by atoms with van der Waals surface area (Å²) in [6.45, 7) is 8.50. The Bertz CT molecular complexity index is 2940. The second-order valence-electron chi connectivity index (χ2n) is 15.1.